The van der Waals surface area contributed by atoms with E-state index < -0.39 is 10.0 Å². The molecule has 1 N–H and O–H groups in total. The summed E-state index contributed by atoms with van der Waals surface area (Å²) in [4.78, 5) is 0.0950. The first kappa shape index (κ1) is 18.6. The lowest BCUT2D eigenvalue weighted by atomic mass is 10.0. The predicted octanol–water partition coefficient (Wildman–Crippen LogP) is 3.54. The lowest BCUT2D eigenvalue weighted by Crippen LogP contribution is -2.06. The number of hydroxylamine groups is 2. The minimum atomic E-state index is -3.85. The molecule has 1 aliphatic heterocycles. The summed E-state index contributed by atoms with van der Waals surface area (Å²) in [6, 6.07) is 6.09. The van der Waals surface area contributed by atoms with E-state index in [1.165, 1.54) is 31.6 Å². The highest BCUT2D eigenvalue weighted by atomic mass is 32.2. The minimum Gasteiger partial charge on any atom is -0.497 e. The second kappa shape index (κ2) is 8.03. The monoisotopic (exact) mass is 382 g/mol. The number of nitrogens with zero attached hydrogens (tertiary/aromatic N) is 2. The van der Waals surface area contributed by atoms with Crippen molar-refractivity contribution in [3.8, 4) is 5.75 Å². The Bertz CT molecular complexity index is 1010. The molecule has 138 valence electrons. The lowest BCUT2D eigenvalue weighted by Gasteiger charge is -2.10. The molecule has 1 aliphatic carbocycles. The van der Waals surface area contributed by atoms with Crippen LogP contribution in [0, 0.1) is 0 Å². The maximum Gasteiger partial charge on any atom is 0.282 e. The summed E-state index contributed by atoms with van der Waals surface area (Å²) in [6.45, 7) is 0. The van der Waals surface area contributed by atoms with E-state index in [-0.39, 0.29) is 4.90 Å². The van der Waals surface area contributed by atoms with Gasteiger partial charge in [0.1, 0.15) is 5.75 Å². The van der Waals surface area contributed by atoms with Gasteiger partial charge in [-0.15, -0.1) is 0 Å². The van der Waals surface area contributed by atoms with Crippen molar-refractivity contribution in [2.75, 3.05) is 7.11 Å². The molecule has 0 saturated heterocycles. The summed E-state index contributed by atoms with van der Waals surface area (Å²) in [5.41, 5.74) is 1.86. The quantitative estimate of drug-likeness (QED) is 0.862. The van der Waals surface area contributed by atoms with Crippen LogP contribution in [0.15, 0.2) is 106 Å². The normalized spacial score (nSPS) is 19.2. The van der Waals surface area contributed by atoms with Crippen LogP contribution >= 0.6 is 0 Å². The molecular formula is C20H18N2O4S. The van der Waals surface area contributed by atoms with Crippen molar-refractivity contribution in [3.05, 3.63) is 96.4 Å². The van der Waals surface area contributed by atoms with Crippen LogP contribution in [0.1, 0.15) is 0 Å². The molecule has 27 heavy (non-hydrogen) atoms. The van der Waals surface area contributed by atoms with E-state index in [0.717, 1.165) is 10.6 Å². The van der Waals surface area contributed by atoms with Gasteiger partial charge in [-0.2, -0.15) is 12.8 Å². The summed E-state index contributed by atoms with van der Waals surface area (Å²) >= 11 is 0. The SMILES string of the molecule is COc1ccc(S(=O)(=O)/N=C2\C=CC=C\C2=C\C=C2C=CN(O)C=C2)cc1. The third kappa shape index (κ3) is 4.72. The number of hydrogen-bond donors (Lipinski definition) is 1. The van der Waals surface area contributed by atoms with Gasteiger partial charge in [0.2, 0.25) is 0 Å². The van der Waals surface area contributed by atoms with Crippen molar-refractivity contribution in [1.29, 1.82) is 0 Å². The fraction of sp³-hybridized carbons (Fsp3) is 0.0500. The minimum absolute atomic E-state index is 0.0950. The Kier molecular flexibility index (Phi) is 5.54. The Morgan fingerprint density at radius 1 is 1.00 bits per heavy atom. The lowest BCUT2D eigenvalue weighted by molar-refractivity contribution is 0.0105. The summed E-state index contributed by atoms with van der Waals surface area (Å²) in [6.07, 6.45) is 17.0. The molecule has 0 saturated carbocycles. The van der Waals surface area contributed by atoms with Crippen LogP contribution < -0.4 is 4.74 Å². The van der Waals surface area contributed by atoms with Crippen LogP contribution in [0.3, 0.4) is 0 Å². The molecule has 1 aromatic rings. The van der Waals surface area contributed by atoms with Gasteiger partial charge in [0.25, 0.3) is 10.0 Å². The zero-order valence-electron chi connectivity index (χ0n) is 14.6. The van der Waals surface area contributed by atoms with Gasteiger partial charge in [0.15, 0.2) is 0 Å². The molecule has 0 aromatic heterocycles. The van der Waals surface area contributed by atoms with Gasteiger partial charge in [-0.05, 0) is 48.1 Å². The third-order valence-corrected chi connectivity index (χ3v) is 5.11. The second-order valence-corrected chi connectivity index (χ2v) is 7.25. The van der Waals surface area contributed by atoms with Crippen LogP contribution in [-0.2, 0) is 10.0 Å². The summed E-state index contributed by atoms with van der Waals surface area (Å²) in [5.74, 6) is 0.573. The number of sulfonamides is 1. The van der Waals surface area contributed by atoms with Crippen LogP contribution in [0.25, 0.3) is 0 Å². The van der Waals surface area contributed by atoms with E-state index >= 15 is 0 Å². The van der Waals surface area contributed by atoms with Crippen LogP contribution in [0.5, 0.6) is 5.75 Å². The number of ether oxygens (including phenoxy) is 1. The Hall–Kier alpha value is -3.16. The van der Waals surface area contributed by atoms with Gasteiger partial charge in [0, 0.05) is 18.0 Å². The number of rotatable bonds is 4. The average Bonchev–Trinajstić information content (AvgIpc) is 2.68. The Morgan fingerprint density at radius 3 is 2.33 bits per heavy atom. The van der Waals surface area contributed by atoms with Crippen molar-refractivity contribution in [1.82, 2.24) is 5.06 Å². The van der Waals surface area contributed by atoms with Crippen LogP contribution in [0.2, 0.25) is 0 Å². The largest absolute Gasteiger partial charge is 0.497 e. The topological polar surface area (TPSA) is 79.2 Å². The Labute approximate surface area is 158 Å². The number of methoxy groups -OCH3 is 1. The second-order valence-electron chi connectivity index (χ2n) is 5.65. The number of hydrogen-bond acceptors (Lipinski definition) is 5. The van der Waals surface area contributed by atoms with E-state index in [0.29, 0.717) is 17.0 Å². The predicted molar refractivity (Wildman–Crippen MR) is 104 cm³/mol. The molecule has 0 atom stereocenters. The summed E-state index contributed by atoms with van der Waals surface area (Å²) in [7, 11) is -2.33. The maximum absolute atomic E-state index is 12.6. The van der Waals surface area contributed by atoms with E-state index in [9.17, 15) is 13.6 Å². The molecule has 1 heterocycles. The standard InChI is InChI=1S/C20H18N2O4S/c1-26-18-8-10-19(11-9-18)27(24,25)21-20-5-3-2-4-17(20)7-6-16-12-14-22(23)15-13-16/h2-15,23H,1H3/b17-7-,21-20+. The number of benzene rings is 1. The molecule has 2 aliphatic rings. The first-order valence-corrected chi connectivity index (χ1v) is 9.52. The van der Waals surface area contributed by atoms with Crippen molar-refractivity contribution < 1.29 is 18.4 Å². The molecule has 0 fully saturated rings. The molecule has 7 heteroatoms. The molecule has 0 bridgehead atoms. The summed E-state index contributed by atoms with van der Waals surface area (Å²) < 4.78 is 34.2. The molecule has 3 rings (SSSR count). The zero-order valence-corrected chi connectivity index (χ0v) is 15.4. The molecule has 6 nitrogen and oxygen atoms in total. The van der Waals surface area contributed by atoms with Gasteiger partial charge < -0.3 is 4.74 Å². The molecule has 1 aromatic carbocycles. The van der Waals surface area contributed by atoms with E-state index in [2.05, 4.69) is 4.40 Å². The molecule has 0 radical (unpaired) electrons. The van der Waals surface area contributed by atoms with Gasteiger partial charge >= 0.3 is 0 Å². The van der Waals surface area contributed by atoms with Crippen molar-refractivity contribution in [2.24, 2.45) is 4.40 Å². The fourth-order valence-electron chi connectivity index (χ4n) is 2.37. The highest BCUT2D eigenvalue weighted by molar-refractivity contribution is 7.90. The third-order valence-electron chi connectivity index (χ3n) is 3.81. The van der Waals surface area contributed by atoms with E-state index in [1.807, 2.05) is 12.2 Å². The molecule has 0 spiro atoms. The van der Waals surface area contributed by atoms with Gasteiger partial charge in [-0.3, -0.25) is 5.21 Å². The highest BCUT2D eigenvalue weighted by Crippen LogP contribution is 2.20. The molecule has 0 unspecified atom stereocenters. The first-order valence-electron chi connectivity index (χ1n) is 8.08. The molecular weight excluding hydrogens is 364 g/mol. The van der Waals surface area contributed by atoms with Gasteiger partial charge in [-0.1, -0.05) is 30.4 Å². The van der Waals surface area contributed by atoms with Gasteiger partial charge in [-0.25, -0.2) is 5.06 Å². The van der Waals surface area contributed by atoms with Crippen molar-refractivity contribution in [2.45, 2.75) is 4.90 Å². The van der Waals surface area contributed by atoms with Crippen LogP contribution in [-0.4, -0.2) is 31.5 Å². The van der Waals surface area contributed by atoms with E-state index in [1.54, 1.807) is 48.6 Å². The number of allylic oxidation sites excluding steroid dienone is 10. The van der Waals surface area contributed by atoms with E-state index in [4.69, 9.17) is 4.74 Å². The summed E-state index contributed by atoms with van der Waals surface area (Å²) in [5, 5.41) is 10.2. The maximum atomic E-state index is 12.6. The van der Waals surface area contributed by atoms with Crippen LogP contribution in [0.4, 0.5) is 0 Å². The highest BCUT2D eigenvalue weighted by Gasteiger charge is 2.15. The first-order chi connectivity index (χ1) is 13.0. The Morgan fingerprint density at radius 2 is 1.67 bits per heavy atom. The fourth-order valence-corrected chi connectivity index (χ4v) is 3.38. The zero-order chi connectivity index (χ0) is 19.3. The van der Waals surface area contributed by atoms with Crippen molar-refractivity contribution in [3.63, 3.8) is 0 Å². The van der Waals surface area contributed by atoms with Crippen molar-refractivity contribution >= 4 is 15.7 Å². The Balaban J connectivity index is 1.90. The smallest absolute Gasteiger partial charge is 0.282 e. The average molecular weight is 382 g/mol. The van der Waals surface area contributed by atoms with Gasteiger partial charge in [0.05, 0.1) is 17.7 Å². The molecule has 0 amide bonds.